The van der Waals surface area contributed by atoms with Crippen LogP contribution < -0.4 is 5.32 Å². The second-order valence-corrected chi connectivity index (χ2v) is 5.51. The van der Waals surface area contributed by atoms with Gasteiger partial charge in [-0.05, 0) is 36.4 Å². The number of aromatic nitrogens is 5. The topological polar surface area (TPSA) is 106 Å². The molecule has 0 amide bonds. The van der Waals surface area contributed by atoms with Gasteiger partial charge in [0.15, 0.2) is 11.2 Å². The van der Waals surface area contributed by atoms with Crippen molar-refractivity contribution in [2.45, 2.75) is 0 Å². The van der Waals surface area contributed by atoms with Crippen LogP contribution in [0.1, 0.15) is 10.4 Å². The summed E-state index contributed by atoms with van der Waals surface area (Å²) in [6, 6.07) is 9.28. The molecule has 2 heterocycles. The van der Waals surface area contributed by atoms with Crippen molar-refractivity contribution in [2.75, 3.05) is 5.32 Å². The Morgan fingerprint density at radius 3 is 2.78 bits per heavy atom. The normalized spacial score (nSPS) is 10.9. The summed E-state index contributed by atoms with van der Waals surface area (Å²) in [5.41, 5.74) is 0.941. The van der Waals surface area contributed by atoms with Crippen molar-refractivity contribution in [3.63, 3.8) is 0 Å². The van der Waals surface area contributed by atoms with Crippen LogP contribution in [0.4, 0.5) is 20.4 Å². The molecule has 0 aliphatic heterocycles. The minimum absolute atomic E-state index is 0.116. The molecule has 0 saturated carbocycles. The molecular weight excluding hydrogens is 358 g/mol. The zero-order valence-electron chi connectivity index (χ0n) is 13.5. The highest BCUT2D eigenvalue weighted by Crippen LogP contribution is 2.20. The molecule has 10 heteroatoms. The van der Waals surface area contributed by atoms with Gasteiger partial charge < -0.3 is 10.4 Å². The molecule has 2 aromatic heterocycles. The number of anilines is 2. The Kier molecular flexibility index (Phi) is 3.92. The number of benzene rings is 2. The minimum atomic E-state index is -1.39. The fourth-order valence-electron chi connectivity index (χ4n) is 2.47. The van der Waals surface area contributed by atoms with Gasteiger partial charge in [0.2, 0.25) is 5.95 Å². The van der Waals surface area contributed by atoms with E-state index in [0.29, 0.717) is 16.9 Å². The number of hydrogen-bond donors (Lipinski definition) is 2. The lowest BCUT2D eigenvalue weighted by atomic mass is 10.2. The number of nitrogens with zero attached hydrogens (tertiary/aromatic N) is 5. The number of aromatic carboxylic acids is 1. The number of fused-ring (bicyclic) bond motifs is 1. The summed E-state index contributed by atoms with van der Waals surface area (Å²) in [5, 5.41) is 19.7. The van der Waals surface area contributed by atoms with E-state index in [4.69, 9.17) is 5.11 Å². The first kappa shape index (κ1) is 16.5. The van der Waals surface area contributed by atoms with E-state index >= 15 is 0 Å². The van der Waals surface area contributed by atoms with E-state index in [1.165, 1.54) is 35.1 Å². The molecule has 0 saturated heterocycles. The molecule has 134 valence electrons. The summed E-state index contributed by atoms with van der Waals surface area (Å²) in [4.78, 5) is 19.4. The van der Waals surface area contributed by atoms with Gasteiger partial charge in [-0.25, -0.2) is 18.6 Å². The van der Waals surface area contributed by atoms with Crippen LogP contribution >= 0.6 is 0 Å². The van der Waals surface area contributed by atoms with Gasteiger partial charge in [0.05, 0.1) is 17.4 Å². The maximum absolute atomic E-state index is 13.5. The third-order valence-corrected chi connectivity index (χ3v) is 3.70. The van der Waals surface area contributed by atoms with Crippen LogP contribution in [-0.2, 0) is 0 Å². The number of carboxylic acids is 1. The third kappa shape index (κ3) is 3.15. The van der Waals surface area contributed by atoms with Crippen LogP contribution in [0.2, 0.25) is 0 Å². The second kappa shape index (κ2) is 6.41. The van der Waals surface area contributed by atoms with Crippen LogP contribution in [0, 0.1) is 11.6 Å². The van der Waals surface area contributed by atoms with Gasteiger partial charge in [-0.3, -0.25) is 0 Å². The highest BCUT2D eigenvalue weighted by Gasteiger charge is 2.13. The Labute approximate surface area is 150 Å². The lowest BCUT2D eigenvalue weighted by molar-refractivity contribution is 0.0692. The molecule has 27 heavy (non-hydrogen) atoms. The van der Waals surface area contributed by atoms with Crippen molar-refractivity contribution in [1.29, 1.82) is 0 Å². The molecule has 4 rings (SSSR count). The number of halogens is 2. The standard InChI is InChI=1S/C17H10F2N6O2/c18-9-2-1-3-11(6-9)25-15-14(23-24-25)8-20-17(22-15)21-10-4-5-13(19)12(7-10)16(26)27/h1-8H,(H,26,27)(H,20,21,22). The van der Waals surface area contributed by atoms with Crippen molar-refractivity contribution in [2.24, 2.45) is 0 Å². The van der Waals surface area contributed by atoms with Crippen molar-refractivity contribution in [3.8, 4) is 5.69 Å². The summed E-state index contributed by atoms with van der Waals surface area (Å²) in [6.07, 6.45) is 1.41. The Hall–Kier alpha value is -3.95. The predicted octanol–water partition coefficient (Wildman–Crippen LogP) is 2.93. The van der Waals surface area contributed by atoms with E-state index < -0.39 is 23.2 Å². The van der Waals surface area contributed by atoms with Gasteiger partial charge in [-0.15, -0.1) is 5.10 Å². The quantitative estimate of drug-likeness (QED) is 0.570. The molecule has 2 aromatic carbocycles. The first-order valence-electron chi connectivity index (χ1n) is 7.65. The molecule has 0 unspecified atom stereocenters. The predicted molar refractivity (Wildman–Crippen MR) is 91.1 cm³/mol. The number of rotatable bonds is 4. The first-order chi connectivity index (χ1) is 13.0. The second-order valence-electron chi connectivity index (χ2n) is 5.51. The van der Waals surface area contributed by atoms with Gasteiger partial charge >= 0.3 is 5.97 Å². The van der Waals surface area contributed by atoms with Gasteiger partial charge in [-0.2, -0.15) is 9.67 Å². The van der Waals surface area contributed by atoms with Gasteiger partial charge in [0.1, 0.15) is 11.6 Å². The van der Waals surface area contributed by atoms with Crippen LogP contribution in [0.5, 0.6) is 0 Å². The van der Waals surface area contributed by atoms with Crippen LogP contribution in [-0.4, -0.2) is 36.0 Å². The van der Waals surface area contributed by atoms with E-state index in [9.17, 15) is 13.6 Å². The summed E-state index contributed by atoms with van der Waals surface area (Å²) in [5.74, 6) is -2.56. The molecule has 0 bridgehead atoms. The molecule has 2 N–H and O–H groups in total. The van der Waals surface area contributed by atoms with Gasteiger partial charge in [-0.1, -0.05) is 11.3 Å². The molecule has 0 spiro atoms. The smallest absolute Gasteiger partial charge is 0.338 e. The lowest BCUT2D eigenvalue weighted by Crippen LogP contribution is -2.04. The monoisotopic (exact) mass is 368 g/mol. The number of carbonyl (C=O) groups is 1. The van der Waals surface area contributed by atoms with Gasteiger partial charge in [0.25, 0.3) is 0 Å². The number of nitrogens with one attached hydrogen (secondary N) is 1. The average molecular weight is 368 g/mol. The average Bonchev–Trinajstić information content (AvgIpc) is 3.06. The Balaban J connectivity index is 1.73. The van der Waals surface area contributed by atoms with E-state index in [-0.39, 0.29) is 11.6 Å². The van der Waals surface area contributed by atoms with Crippen molar-refractivity contribution in [1.82, 2.24) is 25.0 Å². The molecule has 0 atom stereocenters. The molecule has 0 aliphatic rings. The zero-order valence-corrected chi connectivity index (χ0v) is 13.5. The Morgan fingerprint density at radius 1 is 1.15 bits per heavy atom. The first-order valence-corrected chi connectivity index (χ1v) is 7.65. The molecule has 0 aliphatic carbocycles. The van der Waals surface area contributed by atoms with Crippen molar-refractivity contribution in [3.05, 3.63) is 65.9 Å². The highest BCUT2D eigenvalue weighted by molar-refractivity contribution is 5.89. The summed E-state index contributed by atoms with van der Waals surface area (Å²) in [7, 11) is 0. The van der Waals surface area contributed by atoms with Crippen LogP contribution in [0.25, 0.3) is 16.9 Å². The zero-order chi connectivity index (χ0) is 19.0. The SMILES string of the molecule is O=C(O)c1cc(Nc2ncc3nnn(-c4cccc(F)c4)c3n2)ccc1F. The Morgan fingerprint density at radius 2 is 2.00 bits per heavy atom. The summed E-state index contributed by atoms with van der Waals surface area (Å²) >= 11 is 0. The fourth-order valence-corrected chi connectivity index (χ4v) is 2.47. The molecule has 4 aromatic rings. The van der Waals surface area contributed by atoms with E-state index in [1.807, 2.05) is 0 Å². The maximum atomic E-state index is 13.5. The molecular formula is C17H10F2N6O2. The van der Waals surface area contributed by atoms with Crippen molar-refractivity contribution >= 4 is 28.8 Å². The highest BCUT2D eigenvalue weighted by atomic mass is 19.1. The van der Waals surface area contributed by atoms with Gasteiger partial charge in [0, 0.05) is 5.69 Å². The molecule has 0 radical (unpaired) electrons. The van der Waals surface area contributed by atoms with Crippen LogP contribution in [0.3, 0.4) is 0 Å². The lowest BCUT2D eigenvalue weighted by Gasteiger charge is -2.07. The molecule has 8 nitrogen and oxygen atoms in total. The maximum Gasteiger partial charge on any atom is 0.338 e. The molecule has 0 fully saturated rings. The third-order valence-electron chi connectivity index (χ3n) is 3.70. The Bertz CT molecular complexity index is 1180. The summed E-state index contributed by atoms with van der Waals surface area (Å²) in [6.45, 7) is 0. The number of carboxylic acid groups (broad SMARTS) is 1. The minimum Gasteiger partial charge on any atom is -0.478 e. The van der Waals surface area contributed by atoms with E-state index in [0.717, 1.165) is 12.1 Å². The van der Waals surface area contributed by atoms with E-state index in [2.05, 4.69) is 25.6 Å². The number of hydrogen-bond acceptors (Lipinski definition) is 6. The van der Waals surface area contributed by atoms with Crippen molar-refractivity contribution < 1.29 is 18.7 Å². The summed E-state index contributed by atoms with van der Waals surface area (Å²) < 4.78 is 28.3. The van der Waals surface area contributed by atoms with Crippen LogP contribution in [0.15, 0.2) is 48.7 Å². The van der Waals surface area contributed by atoms with E-state index in [1.54, 1.807) is 6.07 Å². The fraction of sp³-hybridized carbons (Fsp3) is 0. The largest absolute Gasteiger partial charge is 0.478 e.